The van der Waals surface area contributed by atoms with E-state index in [1.807, 2.05) is 0 Å². The summed E-state index contributed by atoms with van der Waals surface area (Å²) in [4.78, 5) is 9.61. The summed E-state index contributed by atoms with van der Waals surface area (Å²) < 4.78 is 13.0. The van der Waals surface area contributed by atoms with Crippen molar-refractivity contribution < 1.29 is 9.50 Å². The van der Waals surface area contributed by atoms with E-state index in [0.717, 1.165) is 19.4 Å². The van der Waals surface area contributed by atoms with Gasteiger partial charge in [-0.1, -0.05) is 0 Å². The monoisotopic (exact) mass is 225 g/mol. The molecule has 16 heavy (non-hydrogen) atoms. The van der Waals surface area contributed by atoms with Gasteiger partial charge in [0.05, 0.1) is 0 Å². The van der Waals surface area contributed by atoms with Gasteiger partial charge in [0.15, 0.2) is 0 Å². The van der Waals surface area contributed by atoms with Crippen molar-refractivity contribution >= 4 is 5.82 Å². The van der Waals surface area contributed by atoms with Gasteiger partial charge in [0.2, 0.25) is 5.95 Å². The molecule has 0 amide bonds. The van der Waals surface area contributed by atoms with E-state index in [4.69, 9.17) is 5.11 Å². The summed E-state index contributed by atoms with van der Waals surface area (Å²) in [6.07, 6.45) is 5.39. The fourth-order valence-corrected chi connectivity index (χ4v) is 1.90. The molecule has 5 heteroatoms. The van der Waals surface area contributed by atoms with E-state index in [2.05, 4.69) is 14.9 Å². The van der Waals surface area contributed by atoms with Gasteiger partial charge in [0.25, 0.3) is 0 Å². The number of rotatable bonds is 5. The highest BCUT2D eigenvalue weighted by atomic mass is 19.1. The van der Waals surface area contributed by atoms with Crippen molar-refractivity contribution in [3.63, 3.8) is 0 Å². The van der Waals surface area contributed by atoms with Gasteiger partial charge in [0.1, 0.15) is 12.1 Å². The molecule has 1 heterocycles. The fourth-order valence-electron chi connectivity index (χ4n) is 1.90. The maximum absolute atomic E-state index is 13.0. The van der Waals surface area contributed by atoms with Gasteiger partial charge < -0.3 is 10.0 Å². The van der Waals surface area contributed by atoms with Crippen molar-refractivity contribution in [2.75, 3.05) is 18.1 Å². The second kappa shape index (κ2) is 5.21. The topological polar surface area (TPSA) is 49.2 Å². The molecule has 0 atom stereocenters. The highest BCUT2D eigenvalue weighted by Crippen LogP contribution is 2.28. The summed E-state index contributed by atoms with van der Waals surface area (Å²) in [7, 11) is 0. The molecule has 1 aliphatic rings. The van der Waals surface area contributed by atoms with Crippen molar-refractivity contribution in [2.24, 2.45) is 0 Å². The van der Waals surface area contributed by atoms with Gasteiger partial charge in [-0.05, 0) is 25.7 Å². The first-order valence-corrected chi connectivity index (χ1v) is 5.66. The summed E-state index contributed by atoms with van der Waals surface area (Å²) in [5.41, 5.74) is 0. The van der Waals surface area contributed by atoms with Gasteiger partial charge in [-0.25, -0.2) is 9.97 Å². The van der Waals surface area contributed by atoms with Crippen LogP contribution >= 0.6 is 0 Å². The second-order valence-electron chi connectivity index (χ2n) is 4.05. The van der Waals surface area contributed by atoms with Gasteiger partial charge in [-0.2, -0.15) is 4.39 Å². The van der Waals surface area contributed by atoms with Gasteiger partial charge in [-0.15, -0.1) is 0 Å². The lowest BCUT2D eigenvalue weighted by Gasteiger charge is -2.38. The molecule has 4 nitrogen and oxygen atoms in total. The molecule has 1 fully saturated rings. The predicted octanol–water partition coefficient (Wildman–Crippen LogP) is 1.36. The molecule has 0 aromatic carbocycles. The van der Waals surface area contributed by atoms with Crippen LogP contribution in [0.1, 0.15) is 25.7 Å². The van der Waals surface area contributed by atoms with E-state index in [-0.39, 0.29) is 6.61 Å². The minimum atomic E-state index is -0.502. The Kier molecular flexibility index (Phi) is 3.66. The molecule has 88 valence electrons. The zero-order chi connectivity index (χ0) is 11.4. The summed E-state index contributed by atoms with van der Waals surface area (Å²) in [6.45, 7) is 0.869. The minimum Gasteiger partial charge on any atom is -0.396 e. The Balaban J connectivity index is 2.10. The van der Waals surface area contributed by atoms with Crippen LogP contribution in [0.4, 0.5) is 10.2 Å². The zero-order valence-electron chi connectivity index (χ0n) is 9.14. The largest absolute Gasteiger partial charge is 0.396 e. The molecule has 2 rings (SSSR count). The Morgan fingerprint density at radius 1 is 1.44 bits per heavy atom. The van der Waals surface area contributed by atoms with Crippen LogP contribution in [0.2, 0.25) is 0 Å². The third-order valence-corrected chi connectivity index (χ3v) is 2.99. The number of aliphatic hydroxyl groups excluding tert-OH is 1. The van der Waals surface area contributed by atoms with Crippen molar-refractivity contribution in [1.29, 1.82) is 0 Å². The van der Waals surface area contributed by atoms with Gasteiger partial charge in [0, 0.05) is 25.3 Å². The van der Waals surface area contributed by atoms with Crippen molar-refractivity contribution in [3.8, 4) is 0 Å². The maximum Gasteiger partial charge on any atom is 0.218 e. The van der Waals surface area contributed by atoms with Crippen LogP contribution in [0.3, 0.4) is 0 Å². The minimum absolute atomic E-state index is 0.150. The summed E-state index contributed by atoms with van der Waals surface area (Å²) in [5.74, 6) is 0.129. The van der Waals surface area contributed by atoms with Crippen LogP contribution in [0.15, 0.2) is 12.4 Å². The predicted molar refractivity (Wildman–Crippen MR) is 58.7 cm³/mol. The summed E-state index contributed by atoms with van der Waals surface area (Å²) in [5, 5.41) is 8.86. The number of hydrogen-bond acceptors (Lipinski definition) is 4. The molecule has 1 aromatic rings. The van der Waals surface area contributed by atoms with Crippen molar-refractivity contribution in [3.05, 3.63) is 18.3 Å². The van der Waals surface area contributed by atoms with E-state index in [1.54, 1.807) is 0 Å². The average molecular weight is 225 g/mol. The summed E-state index contributed by atoms with van der Waals surface area (Å²) in [6, 6.07) is 1.80. The van der Waals surface area contributed by atoms with Crippen LogP contribution < -0.4 is 4.90 Å². The normalized spacial score (nSPS) is 15.9. The van der Waals surface area contributed by atoms with Crippen molar-refractivity contribution in [2.45, 2.75) is 31.7 Å². The Labute approximate surface area is 94.1 Å². The summed E-state index contributed by atoms with van der Waals surface area (Å²) >= 11 is 0. The highest BCUT2D eigenvalue weighted by molar-refractivity contribution is 5.39. The lowest BCUT2D eigenvalue weighted by atomic mass is 9.91. The van der Waals surface area contributed by atoms with Crippen LogP contribution in [0.5, 0.6) is 0 Å². The molecule has 1 aromatic heterocycles. The quantitative estimate of drug-likeness (QED) is 0.769. The molecule has 1 saturated carbocycles. The lowest BCUT2D eigenvalue weighted by molar-refractivity contribution is 0.282. The third-order valence-electron chi connectivity index (χ3n) is 2.99. The number of aliphatic hydroxyl groups is 1. The maximum atomic E-state index is 13.0. The van der Waals surface area contributed by atoms with Crippen LogP contribution in [0.25, 0.3) is 0 Å². The number of halogens is 1. The SMILES string of the molecule is OCCCN(c1cc(F)ncn1)C1CCC1. The first-order chi connectivity index (χ1) is 7.81. The average Bonchev–Trinajstić information content (AvgIpc) is 2.21. The molecular weight excluding hydrogens is 209 g/mol. The fraction of sp³-hybridized carbons (Fsp3) is 0.636. The highest BCUT2D eigenvalue weighted by Gasteiger charge is 2.25. The smallest absolute Gasteiger partial charge is 0.218 e. The molecule has 1 N–H and O–H groups in total. The van der Waals surface area contributed by atoms with E-state index in [0.29, 0.717) is 18.3 Å². The first kappa shape index (κ1) is 11.3. The van der Waals surface area contributed by atoms with Crippen LogP contribution in [0, 0.1) is 5.95 Å². The molecule has 0 saturated heterocycles. The molecule has 0 radical (unpaired) electrons. The molecule has 0 spiro atoms. The lowest BCUT2D eigenvalue weighted by Crippen LogP contribution is -2.41. The number of nitrogens with zero attached hydrogens (tertiary/aromatic N) is 3. The molecule has 1 aliphatic carbocycles. The number of aromatic nitrogens is 2. The molecular formula is C11H16FN3O. The number of anilines is 1. The van der Waals surface area contributed by atoms with E-state index in [1.165, 1.54) is 18.8 Å². The Morgan fingerprint density at radius 2 is 2.25 bits per heavy atom. The van der Waals surface area contributed by atoms with E-state index < -0.39 is 5.95 Å². The molecule has 0 bridgehead atoms. The van der Waals surface area contributed by atoms with Crippen LogP contribution in [-0.4, -0.2) is 34.3 Å². The Morgan fingerprint density at radius 3 is 2.81 bits per heavy atom. The number of hydrogen-bond donors (Lipinski definition) is 1. The second-order valence-corrected chi connectivity index (χ2v) is 4.05. The Hall–Kier alpha value is -1.23. The Bertz CT molecular complexity index is 344. The van der Waals surface area contributed by atoms with Gasteiger partial charge in [-0.3, -0.25) is 0 Å². The zero-order valence-corrected chi connectivity index (χ0v) is 9.14. The van der Waals surface area contributed by atoms with Crippen LogP contribution in [-0.2, 0) is 0 Å². The van der Waals surface area contributed by atoms with E-state index >= 15 is 0 Å². The van der Waals surface area contributed by atoms with Gasteiger partial charge >= 0.3 is 0 Å². The van der Waals surface area contributed by atoms with Crippen molar-refractivity contribution in [1.82, 2.24) is 9.97 Å². The molecule has 0 aliphatic heterocycles. The first-order valence-electron chi connectivity index (χ1n) is 5.66. The third kappa shape index (κ3) is 2.47. The van der Waals surface area contributed by atoms with E-state index in [9.17, 15) is 4.39 Å². The molecule has 0 unspecified atom stereocenters. The standard InChI is InChI=1S/C11H16FN3O/c12-10-7-11(14-8-13-10)15(5-2-6-16)9-3-1-4-9/h7-9,16H,1-6H2.